The molecule has 1 aromatic heterocycles. The SMILES string of the molecule is C[C@@H](Oc1ccc(S(C)(=O)=O)cc1C(=O)N1CC2C[C@]2(c2nccc(C3CC3)n2)C1)C(F)(F)F. The molecule has 1 saturated heterocycles. The van der Waals surface area contributed by atoms with E-state index >= 15 is 0 Å². The second-order valence-electron chi connectivity index (χ2n) is 9.55. The largest absolute Gasteiger partial charge is 0.480 e. The van der Waals surface area contributed by atoms with Gasteiger partial charge >= 0.3 is 6.18 Å². The molecule has 7 nitrogen and oxygen atoms in total. The lowest BCUT2D eigenvalue weighted by Gasteiger charge is -2.24. The van der Waals surface area contributed by atoms with Crippen LogP contribution in [-0.2, 0) is 15.3 Å². The zero-order valence-corrected chi connectivity index (χ0v) is 19.5. The molecule has 3 atom stereocenters. The maximum Gasteiger partial charge on any atom is 0.425 e. The van der Waals surface area contributed by atoms with Crippen LogP contribution in [0.25, 0.3) is 0 Å². The Hall–Kier alpha value is -2.69. The third-order valence-corrected chi connectivity index (χ3v) is 8.04. The number of hydrogen-bond donors (Lipinski definition) is 0. The van der Waals surface area contributed by atoms with Crippen molar-refractivity contribution in [3.8, 4) is 5.75 Å². The van der Waals surface area contributed by atoms with Gasteiger partial charge in [-0.1, -0.05) is 0 Å². The monoisotopic (exact) mass is 495 g/mol. The number of carbonyl (C=O) groups is 1. The molecule has 1 amide bonds. The highest BCUT2D eigenvalue weighted by Crippen LogP contribution is 2.58. The molecule has 0 bridgehead atoms. The highest BCUT2D eigenvalue weighted by molar-refractivity contribution is 7.90. The minimum absolute atomic E-state index is 0.155. The van der Waals surface area contributed by atoms with Gasteiger partial charge in [-0.25, -0.2) is 18.4 Å². The summed E-state index contributed by atoms with van der Waals surface area (Å²) in [6.07, 6.45) is -1.05. The first-order chi connectivity index (χ1) is 15.9. The van der Waals surface area contributed by atoms with Gasteiger partial charge in [0, 0.05) is 37.2 Å². The van der Waals surface area contributed by atoms with Crippen molar-refractivity contribution < 1.29 is 31.1 Å². The molecule has 182 valence electrons. The van der Waals surface area contributed by atoms with Gasteiger partial charge in [0.05, 0.1) is 15.9 Å². The van der Waals surface area contributed by atoms with Crippen molar-refractivity contribution in [3.63, 3.8) is 0 Å². The van der Waals surface area contributed by atoms with E-state index in [0.717, 1.165) is 56.3 Å². The number of halogens is 3. The maximum absolute atomic E-state index is 13.4. The predicted molar refractivity (Wildman–Crippen MR) is 115 cm³/mol. The van der Waals surface area contributed by atoms with Crippen LogP contribution in [0.1, 0.15) is 54.0 Å². The molecule has 3 aliphatic rings. The summed E-state index contributed by atoms with van der Waals surface area (Å²) in [5, 5.41) is 0. The molecule has 2 aromatic rings. The van der Waals surface area contributed by atoms with Gasteiger partial charge in [0.25, 0.3) is 5.91 Å². The first-order valence-electron chi connectivity index (χ1n) is 11.1. The predicted octanol–water partition coefficient (Wildman–Crippen LogP) is 3.50. The molecule has 11 heteroatoms. The van der Waals surface area contributed by atoms with Gasteiger partial charge in [0.15, 0.2) is 15.9 Å². The second-order valence-corrected chi connectivity index (χ2v) is 11.6. The number of ether oxygens (including phenoxy) is 1. The lowest BCUT2D eigenvalue weighted by Crippen LogP contribution is -2.35. The molecule has 2 saturated carbocycles. The molecule has 3 fully saturated rings. The molecule has 1 aliphatic heterocycles. The van der Waals surface area contributed by atoms with E-state index in [-0.39, 0.29) is 27.5 Å². The first-order valence-corrected chi connectivity index (χ1v) is 13.0. The number of fused-ring (bicyclic) bond motifs is 1. The smallest absolute Gasteiger partial charge is 0.425 e. The van der Waals surface area contributed by atoms with Crippen LogP contribution in [0.3, 0.4) is 0 Å². The molecular formula is C23H24F3N3O4S. The summed E-state index contributed by atoms with van der Waals surface area (Å²) < 4.78 is 68.4. The van der Waals surface area contributed by atoms with Crippen LogP contribution in [0, 0.1) is 5.92 Å². The quantitative estimate of drug-likeness (QED) is 0.610. The van der Waals surface area contributed by atoms with E-state index in [1.807, 2.05) is 6.07 Å². The fourth-order valence-electron chi connectivity index (χ4n) is 4.64. The molecule has 1 unspecified atom stereocenters. The number of alkyl halides is 3. The summed E-state index contributed by atoms with van der Waals surface area (Å²) >= 11 is 0. The Bertz CT molecular complexity index is 1260. The molecule has 0 radical (unpaired) electrons. The molecule has 2 aliphatic carbocycles. The van der Waals surface area contributed by atoms with Crippen LogP contribution in [0.5, 0.6) is 5.75 Å². The summed E-state index contributed by atoms with van der Waals surface area (Å²) in [6.45, 7) is 1.55. The van der Waals surface area contributed by atoms with Gasteiger partial charge in [0.1, 0.15) is 11.6 Å². The Balaban J connectivity index is 1.43. The molecule has 2 heterocycles. The summed E-state index contributed by atoms with van der Waals surface area (Å²) in [4.78, 5) is 24.0. The molecular weight excluding hydrogens is 471 g/mol. The maximum atomic E-state index is 13.4. The third-order valence-electron chi connectivity index (χ3n) is 6.93. The second kappa shape index (κ2) is 7.66. The topological polar surface area (TPSA) is 89.5 Å². The minimum atomic E-state index is -4.64. The Morgan fingerprint density at radius 2 is 2.00 bits per heavy atom. The summed E-state index contributed by atoms with van der Waals surface area (Å²) in [7, 11) is -3.69. The molecule has 5 rings (SSSR count). The number of nitrogens with zero attached hydrogens (tertiary/aromatic N) is 3. The molecule has 0 N–H and O–H groups in total. The van der Waals surface area contributed by atoms with Crippen LogP contribution in [0.15, 0.2) is 35.4 Å². The number of piperidine rings is 1. The average Bonchev–Trinajstić information content (AvgIpc) is 3.70. The molecule has 34 heavy (non-hydrogen) atoms. The van der Waals surface area contributed by atoms with E-state index in [0.29, 0.717) is 24.8 Å². The summed E-state index contributed by atoms with van der Waals surface area (Å²) in [5.41, 5.74) is 0.436. The Labute approximate surface area is 195 Å². The van der Waals surface area contributed by atoms with Crippen molar-refractivity contribution in [3.05, 3.63) is 47.5 Å². The zero-order chi connectivity index (χ0) is 24.5. The van der Waals surface area contributed by atoms with Crippen LogP contribution in [-0.4, -0.2) is 60.8 Å². The standard InChI is InChI=1S/C23H24F3N3O4S/c1-13(23(24,25)26)33-19-6-5-16(34(2,31)32)9-17(19)20(30)29-11-15-10-22(15,12-29)21-27-8-7-18(28-21)14-3-4-14/h5-9,13-15H,3-4,10-12H2,1-2H3/t13-,15?,22+/m1/s1. The number of amides is 1. The number of rotatable bonds is 6. The lowest BCUT2D eigenvalue weighted by molar-refractivity contribution is -0.189. The zero-order valence-electron chi connectivity index (χ0n) is 18.7. The van der Waals surface area contributed by atoms with Crippen LogP contribution >= 0.6 is 0 Å². The van der Waals surface area contributed by atoms with Crippen LogP contribution < -0.4 is 4.74 Å². The van der Waals surface area contributed by atoms with Gasteiger partial charge in [-0.15, -0.1) is 0 Å². The van der Waals surface area contributed by atoms with Crippen molar-refractivity contribution in [2.75, 3.05) is 19.3 Å². The molecule has 1 aromatic carbocycles. The normalized spacial score (nSPS) is 25.1. The first kappa shape index (κ1) is 23.1. The lowest BCUT2D eigenvalue weighted by atomic mass is 10.0. The van der Waals surface area contributed by atoms with E-state index in [9.17, 15) is 26.4 Å². The van der Waals surface area contributed by atoms with Gasteiger partial charge < -0.3 is 9.64 Å². The van der Waals surface area contributed by atoms with Crippen molar-refractivity contribution in [2.45, 2.75) is 54.7 Å². The number of likely N-dealkylation sites (tertiary alicyclic amines) is 1. The summed E-state index contributed by atoms with van der Waals surface area (Å²) in [5.74, 6) is 0.443. The Morgan fingerprint density at radius 1 is 1.26 bits per heavy atom. The number of carbonyl (C=O) groups excluding carboxylic acids is 1. The van der Waals surface area contributed by atoms with E-state index < -0.39 is 28.0 Å². The van der Waals surface area contributed by atoms with E-state index in [1.54, 1.807) is 6.20 Å². The van der Waals surface area contributed by atoms with E-state index in [1.165, 1.54) is 4.90 Å². The fourth-order valence-corrected chi connectivity index (χ4v) is 5.29. The Morgan fingerprint density at radius 3 is 2.65 bits per heavy atom. The minimum Gasteiger partial charge on any atom is -0.480 e. The fraction of sp³-hybridized carbons (Fsp3) is 0.522. The average molecular weight is 496 g/mol. The highest BCUT2D eigenvalue weighted by atomic mass is 32.2. The van der Waals surface area contributed by atoms with Gasteiger partial charge in [-0.05, 0) is 56.4 Å². The van der Waals surface area contributed by atoms with Gasteiger partial charge in [0.2, 0.25) is 0 Å². The van der Waals surface area contributed by atoms with E-state index in [2.05, 4.69) is 4.98 Å². The number of aromatic nitrogens is 2. The molecule has 0 spiro atoms. The number of hydrogen-bond acceptors (Lipinski definition) is 6. The third kappa shape index (κ3) is 4.14. The summed E-state index contributed by atoms with van der Waals surface area (Å²) in [6, 6.07) is 5.26. The number of sulfone groups is 1. The van der Waals surface area contributed by atoms with Crippen molar-refractivity contribution in [1.82, 2.24) is 14.9 Å². The van der Waals surface area contributed by atoms with Crippen LogP contribution in [0.4, 0.5) is 13.2 Å². The Kier molecular flexibility index (Phi) is 5.20. The van der Waals surface area contributed by atoms with Crippen LogP contribution in [0.2, 0.25) is 0 Å². The number of benzene rings is 1. The van der Waals surface area contributed by atoms with Gasteiger partial charge in [-0.3, -0.25) is 4.79 Å². The van der Waals surface area contributed by atoms with Gasteiger partial charge in [-0.2, -0.15) is 13.2 Å². The van der Waals surface area contributed by atoms with Crippen molar-refractivity contribution in [1.29, 1.82) is 0 Å². The van der Waals surface area contributed by atoms with Crippen molar-refractivity contribution >= 4 is 15.7 Å². The van der Waals surface area contributed by atoms with E-state index in [4.69, 9.17) is 9.72 Å². The highest BCUT2D eigenvalue weighted by Gasteiger charge is 2.64. The van der Waals surface area contributed by atoms with Crippen molar-refractivity contribution in [2.24, 2.45) is 5.92 Å².